The highest BCUT2D eigenvalue weighted by Gasteiger charge is 2.15. The molecule has 0 radical (unpaired) electrons. The van der Waals surface area contributed by atoms with Crippen LogP contribution in [0.5, 0.6) is 0 Å². The van der Waals surface area contributed by atoms with Crippen molar-refractivity contribution in [3.8, 4) is 0 Å². The molecule has 1 saturated heterocycles. The number of amides is 1. The van der Waals surface area contributed by atoms with Crippen LogP contribution >= 0.6 is 0 Å². The standard InChI is InChI=1S/C12H14F2N2O/c13-9-4-8(5-10(14)6-9)12(17)16-7-11-2-1-3-15-11/h4-6,11,15H,1-3,7H2,(H,16,17). The maximum atomic E-state index is 12.9. The van der Waals surface area contributed by atoms with Crippen molar-refractivity contribution in [3.63, 3.8) is 0 Å². The van der Waals surface area contributed by atoms with E-state index in [1.54, 1.807) is 0 Å². The largest absolute Gasteiger partial charge is 0.350 e. The molecule has 0 aliphatic carbocycles. The Morgan fingerprint density at radius 2 is 2.06 bits per heavy atom. The van der Waals surface area contributed by atoms with Crippen molar-refractivity contribution in [1.29, 1.82) is 0 Å². The molecule has 1 aliphatic heterocycles. The van der Waals surface area contributed by atoms with Crippen molar-refractivity contribution < 1.29 is 13.6 Å². The Labute approximate surface area is 98.2 Å². The van der Waals surface area contributed by atoms with E-state index in [-0.39, 0.29) is 11.6 Å². The third kappa shape index (κ3) is 3.23. The monoisotopic (exact) mass is 240 g/mol. The van der Waals surface area contributed by atoms with E-state index >= 15 is 0 Å². The second kappa shape index (κ2) is 5.23. The molecule has 17 heavy (non-hydrogen) atoms. The predicted octanol–water partition coefficient (Wildman–Crippen LogP) is 1.45. The molecule has 0 aromatic heterocycles. The first-order valence-corrected chi connectivity index (χ1v) is 5.63. The van der Waals surface area contributed by atoms with Gasteiger partial charge in [-0.25, -0.2) is 8.78 Å². The van der Waals surface area contributed by atoms with E-state index < -0.39 is 17.5 Å². The minimum Gasteiger partial charge on any atom is -0.350 e. The van der Waals surface area contributed by atoms with Gasteiger partial charge >= 0.3 is 0 Å². The molecule has 2 rings (SSSR count). The van der Waals surface area contributed by atoms with E-state index in [1.165, 1.54) is 0 Å². The van der Waals surface area contributed by atoms with Gasteiger partial charge in [0.05, 0.1) is 0 Å². The normalized spacial score (nSPS) is 19.3. The van der Waals surface area contributed by atoms with Gasteiger partial charge in [0.2, 0.25) is 0 Å². The van der Waals surface area contributed by atoms with Gasteiger partial charge in [-0.2, -0.15) is 0 Å². The van der Waals surface area contributed by atoms with Gasteiger partial charge in [0.1, 0.15) is 11.6 Å². The number of benzene rings is 1. The van der Waals surface area contributed by atoms with Crippen molar-refractivity contribution in [1.82, 2.24) is 10.6 Å². The number of nitrogens with one attached hydrogen (secondary N) is 2. The molecule has 2 N–H and O–H groups in total. The lowest BCUT2D eigenvalue weighted by Gasteiger charge is -2.11. The van der Waals surface area contributed by atoms with Crippen LogP contribution in [0.2, 0.25) is 0 Å². The maximum Gasteiger partial charge on any atom is 0.251 e. The van der Waals surface area contributed by atoms with Crippen molar-refractivity contribution in [2.45, 2.75) is 18.9 Å². The molecule has 0 bridgehead atoms. The zero-order valence-electron chi connectivity index (χ0n) is 9.30. The van der Waals surface area contributed by atoms with Crippen LogP contribution in [0, 0.1) is 11.6 Å². The zero-order chi connectivity index (χ0) is 12.3. The highest BCUT2D eigenvalue weighted by Crippen LogP contribution is 2.08. The van der Waals surface area contributed by atoms with Gasteiger partial charge in [0, 0.05) is 24.2 Å². The summed E-state index contributed by atoms with van der Waals surface area (Å²) in [5.41, 5.74) is 0.0143. The lowest BCUT2D eigenvalue weighted by molar-refractivity contribution is 0.0949. The average Bonchev–Trinajstić information content (AvgIpc) is 2.77. The van der Waals surface area contributed by atoms with E-state index in [4.69, 9.17) is 0 Å². The summed E-state index contributed by atoms with van der Waals surface area (Å²) >= 11 is 0. The van der Waals surface area contributed by atoms with Crippen LogP contribution in [0.3, 0.4) is 0 Å². The lowest BCUT2D eigenvalue weighted by Crippen LogP contribution is -2.37. The van der Waals surface area contributed by atoms with E-state index in [0.717, 1.165) is 37.6 Å². The molecular formula is C12H14F2N2O. The summed E-state index contributed by atoms with van der Waals surface area (Å²) in [6.07, 6.45) is 2.10. The van der Waals surface area contributed by atoms with Crippen molar-refractivity contribution in [3.05, 3.63) is 35.4 Å². The number of carbonyl (C=O) groups excluding carboxylic acids is 1. The van der Waals surface area contributed by atoms with E-state index in [1.807, 2.05) is 0 Å². The Balaban J connectivity index is 1.94. The molecule has 1 fully saturated rings. The second-order valence-corrected chi connectivity index (χ2v) is 4.16. The van der Waals surface area contributed by atoms with Crippen LogP contribution in [-0.2, 0) is 0 Å². The number of hydrogen-bond acceptors (Lipinski definition) is 2. The number of rotatable bonds is 3. The zero-order valence-corrected chi connectivity index (χ0v) is 9.30. The van der Waals surface area contributed by atoms with Crippen LogP contribution in [-0.4, -0.2) is 25.0 Å². The highest BCUT2D eigenvalue weighted by atomic mass is 19.1. The molecule has 92 valence electrons. The van der Waals surface area contributed by atoms with Crippen molar-refractivity contribution >= 4 is 5.91 Å². The third-order valence-electron chi connectivity index (χ3n) is 2.80. The number of carbonyl (C=O) groups is 1. The molecule has 1 aromatic carbocycles. The lowest BCUT2D eigenvalue weighted by atomic mass is 10.2. The van der Waals surface area contributed by atoms with Crippen LogP contribution < -0.4 is 10.6 Å². The fourth-order valence-electron chi connectivity index (χ4n) is 1.93. The predicted molar refractivity (Wildman–Crippen MR) is 59.7 cm³/mol. The van der Waals surface area contributed by atoms with Crippen molar-refractivity contribution in [2.24, 2.45) is 0 Å². The fourth-order valence-corrected chi connectivity index (χ4v) is 1.93. The van der Waals surface area contributed by atoms with Gasteiger partial charge in [-0.1, -0.05) is 0 Å². The Hall–Kier alpha value is -1.49. The van der Waals surface area contributed by atoms with E-state index in [0.29, 0.717) is 6.54 Å². The Morgan fingerprint density at radius 3 is 2.65 bits per heavy atom. The SMILES string of the molecule is O=C(NCC1CCCN1)c1cc(F)cc(F)c1. The van der Waals surface area contributed by atoms with Crippen LogP contribution in [0.4, 0.5) is 8.78 Å². The molecule has 1 atom stereocenters. The smallest absolute Gasteiger partial charge is 0.251 e. The number of halogens is 2. The summed E-state index contributed by atoms with van der Waals surface area (Å²) in [5, 5.41) is 5.88. The Bertz CT molecular complexity index is 397. The quantitative estimate of drug-likeness (QED) is 0.839. The first-order valence-electron chi connectivity index (χ1n) is 5.63. The molecule has 0 saturated carbocycles. The first-order chi connectivity index (χ1) is 8.15. The fraction of sp³-hybridized carbons (Fsp3) is 0.417. The third-order valence-corrected chi connectivity index (χ3v) is 2.80. The highest BCUT2D eigenvalue weighted by molar-refractivity contribution is 5.94. The number of hydrogen-bond donors (Lipinski definition) is 2. The Morgan fingerprint density at radius 1 is 1.35 bits per heavy atom. The average molecular weight is 240 g/mol. The summed E-state index contributed by atoms with van der Waals surface area (Å²) in [4.78, 5) is 11.6. The molecule has 1 aromatic rings. The molecule has 3 nitrogen and oxygen atoms in total. The topological polar surface area (TPSA) is 41.1 Å². The van der Waals surface area contributed by atoms with Gasteiger partial charge in [0.15, 0.2) is 0 Å². The van der Waals surface area contributed by atoms with Gasteiger partial charge in [-0.15, -0.1) is 0 Å². The maximum absolute atomic E-state index is 12.9. The summed E-state index contributed by atoms with van der Waals surface area (Å²) in [6.45, 7) is 1.44. The minimum atomic E-state index is -0.742. The van der Waals surface area contributed by atoms with Gasteiger partial charge < -0.3 is 10.6 Å². The second-order valence-electron chi connectivity index (χ2n) is 4.16. The molecular weight excluding hydrogens is 226 g/mol. The summed E-state index contributed by atoms with van der Waals surface area (Å²) in [6, 6.07) is 3.06. The molecule has 1 unspecified atom stereocenters. The van der Waals surface area contributed by atoms with Crippen LogP contribution in [0.25, 0.3) is 0 Å². The molecule has 5 heteroatoms. The van der Waals surface area contributed by atoms with E-state index in [9.17, 15) is 13.6 Å². The summed E-state index contributed by atoms with van der Waals surface area (Å²) in [5.74, 6) is -1.93. The van der Waals surface area contributed by atoms with E-state index in [2.05, 4.69) is 10.6 Å². The van der Waals surface area contributed by atoms with Crippen LogP contribution in [0.1, 0.15) is 23.2 Å². The van der Waals surface area contributed by atoms with Crippen LogP contribution in [0.15, 0.2) is 18.2 Å². The summed E-state index contributed by atoms with van der Waals surface area (Å²) < 4.78 is 25.8. The minimum absolute atomic E-state index is 0.0143. The molecule has 1 amide bonds. The van der Waals surface area contributed by atoms with Gasteiger partial charge in [0.25, 0.3) is 5.91 Å². The van der Waals surface area contributed by atoms with Gasteiger partial charge in [-0.3, -0.25) is 4.79 Å². The molecule has 0 spiro atoms. The van der Waals surface area contributed by atoms with Crippen molar-refractivity contribution in [2.75, 3.05) is 13.1 Å². The first kappa shape index (κ1) is 12.0. The molecule has 1 aliphatic rings. The Kier molecular flexibility index (Phi) is 3.68. The summed E-state index contributed by atoms with van der Waals surface area (Å²) in [7, 11) is 0. The molecule has 1 heterocycles. The van der Waals surface area contributed by atoms with Gasteiger partial charge in [-0.05, 0) is 31.5 Å².